The SMILES string of the molecule is Cc1ccc(NCC(O)c2ccc(Cl)cc2)c(C)c1. The van der Waals surface area contributed by atoms with Gasteiger partial charge in [-0.3, -0.25) is 0 Å². The summed E-state index contributed by atoms with van der Waals surface area (Å²) in [5.74, 6) is 0. The van der Waals surface area contributed by atoms with Crippen molar-refractivity contribution in [2.24, 2.45) is 0 Å². The zero-order chi connectivity index (χ0) is 13.8. The summed E-state index contributed by atoms with van der Waals surface area (Å²) < 4.78 is 0. The molecule has 1 atom stereocenters. The third kappa shape index (κ3) is 3.72. The Morgan fingerprint density at radius 1 is 1.11 bits per heavy atom. The van der Waals surface area contributed by atoms with Crippen molar-refractivity contribution in [3.8, 4) is 0 Å². The molecule has 0 aliphatic rings. The second kappa shape index (κ2) is 6.09. The standard InChI is InChI=1S/C16H18ClNO/c1-11-3-8-15(12(2)9-11)18-10-16(19)13-4-6-14(17)7-5-13/h3-9,16,18-19H,10H2,1-2H3. The Hall–Kier alpha value is -1.51. The molecule has 0 bridgehead atoms. The van der Waals surface area contributed by atoms with Crippen LogP contribution >= 0.6 is 11.6 Å². The van der Waals surface area contributed by atoms with E-state index in [4.69, 9.17) is 11.6 Å². The maximum absolute atomic E-state index is 10.1. The number of benzene rings is 2. The van der Waals surface area contributed by atoms with E-state index in [0.29, 0.717) is 11.6 Å². The number of anilines is 1. The first-order valence-electron chi connectivity index (χ1n) is 6.31. The molecule has 0 spiro atoms. The van der Waals surface area contributed by atoms with Gasteiger partial charge in [0.15, 0.2) is 0 Å². The number of hydrogen-bond donors (Lipinski definition) is 2. The van der Waals surface area contributed by atoms with Gasteiger partial charge in [0, 0.05) is 17.3 Å². The lowest BCUT2D eigenvalue weighted by Gasteiger charge is -2.15. The van der Waals surface area contributed by atoms with Crippen molar-refractivity contribution in [1.82, 2.24) is 0 Å². The van der Waals surface area contributed by atoms with Gasteiger partial charge in [0.05, 0.1) is 6.10 Å². The van der Waals surface area contributed by atoms with Gasteiger partial charge in [-0.15, -0.1) is 0 Å². The number of hydrogen-bond acceptors (Lipinski definition) is 2. The van der Waals surface area contributed by atoms with Crippen molar-refractivity contribution in [1.29, 1.82) is 0 Å². The first kappa shape index (κ1) is 13.9. The summed E-state index contributed by atoms with van der Waals surface area (Å²) in [4.78, 5) is 0. The quantitative estimate of drug-likeness (QED) is 0.880. The maximum atomic E-state index is 10.1. The van der Waals surface area contributed by atoms with Crippen LogP contribution in [0.15, 0.2) is 42.5 Å². The first-order chi connectivity index (χ1) is 9.06. The normalized spacial score (nSPS) is 12.2. The summed E-state index contributed by atoms with van der Waals surface area (Å²) in [5, 5.41) is 14.1. The van der Waals surface area contributed by atoms with Gasteiger partial charge >= 0.3 is 0 Å². The smallest absolute Gasteiger partial charge is 0.0962 e. The van der Waals surface area contributed by atoms with Gasteiger partial charge in [0.1, 0.15) is 0 Å². The highest BCUT2D eigenvalue weighted by Gasteiger charge is 2.07. The second-order valence-electron chi connectivity index (χ2n) is 4.77. The summed E-state index contributed by atoms with van der Waals surface area (Å²) in [5.41, 5.74) is 4.34. The van der Waals surface area contributed by atoms with E-state index in [0.717, 1.165) is 11.3 Å². The molecule has 100 valence electrons. The van der Waals surface area contributed by atoms with Gasteiger partial charge < -0.3 is 10.4 Å². The lowest BCUT2D eigenvalue weighted by Crippen LogP contribution is -2.12. The van der Waals surface area contributed by atoms with E-state index in [2.05, 4.69) is 31.3 Å². The highest BCUT2D eigenvalue weighted by molar-refractivity contribution is 6.30. The molecule has 1 unspecified atom stereocenters. The molecular formula is C16H18ClNO. The number of rotatable bonds is 4. The lowest BCUT2D eigenvalue weighted by atomic mass is 10.1. The van der Waals surface area contributed by atoms with Gasteiger partial charge in [0.2, 0.25) is 0 Å². The van der Waals surface area contributed by atoms with Gasteiger partial charge in [-0.25, -0.2) is 0 Å². The number of halogens is 1. The van der Waals surface area contributed by atoms with Crippen LogP contribution in [0.1, 0.15) is 22.8 Å². The second-order valence-corrected chi connectivity index (χ2v) is 5.20. The molecule has 0 radical (unpaired) electrons. The number of aliphatic hydroxyl groups is 1. The van der Waals surface area contributed by atoms with Gasteiger partial charge in [-0.1, -0.05) is 41.4 Å². The Morgan fingerprint density at radius 3 is 2.42 bits per heavy atom. The Labute approximate surface area is 119 Å². The van der Waals surface area contributed by atoms with Crippen molar-refractivity contribution in [3.63, 3.8) is 0 Å². The summed E-state index contributed by atoms with van der Waals surface area (Å²) in [6, 6.07) is 13.5. The van der Waals surface area contributed by atoms with Crippen LogP contribution in [0.25, 0.3) is 0 Å². The van der Waals surface area contributed by atoms with Crippen molar-refractivity contribution in [2.45, 2.75) is 20.0 Å². The molecular weight excluding hydrogens is 258 g/mol. The zero-order valence-electron chi connectivity index (χ0n) is 11.2. The van der Waals surface area contributed by atoms with Crippen LogP contribution in [0.3, 0.4) is 0 Å². The Kier molecular flexibility index (Phi) is 4.46. The highest BCUT2D eigenvalue weighted by Crippen LogP contribution is 2.20. The minimum absolute atomic E-state index is 0.478. The molecule has 0 aromatic heterocycles. The highest BCUT2D eigenvalue weighted by atomic mass is 35.5. The summed E-state index contributed by atoms with van der Waals surface area (Å²) in [6.07, 6.45) is -0.544. The molecule has 19 heavy (non-hydrogen) atoms. The molecule has 0 heterocycles. The molecule has 0 aliphatic heterocycles. The molecule has 3 heteroatoms. The average Bonchev–Trinajstić information content (AvgIpc) is 2.38. The Morgan fingerprint density at radius 2 is 1.79 bits per heavy atom. The fourth-order valence-electron chi connectivity index (χ4n) is 2.02. The minimum Gasteiger partial charge on any atom is -0.387 e. The van der Waals surface area contributed by atoms with E-state index in [1.54, 1.807) is 12.1 Å². The van der Waals surface area contributed by atoms with E-state index in [-0.39, 0.29) is 0 Å². The summed E-state index contributed by atoms with van der Waals surface area (Å²) >= 11 is 5.83. The van der Waals surface area contributed by atoms with Gasteiger partial charge in [-0.2, -0.15) is 0 Å². The fraction of sp³-hybridized carbons (Fsp3) is 0.250. The molecule has 2 aromatic rings. The minimum atomic E-state index is -0.544. The lowest BCUT2D eigenvalue weighted by molar-refractivity contribution is 0.191. The first-order valence-corrected chi connectivity index (χ1v) is 6.69. The maximum Gasteiger partial charge on any atom is 0.0962 e. The van der Waals surface area contributed by atoms with Crippen LogP contribution in [-0.2, 0) is 0 Å². The topological polar surface area (TPSA) is 32.3 Å². The third-order valence-corrected chi connectivity index (χ3v) is 3.37. The van der Waals surface area contributed by atoms with Crippen LogP contribution in [-0.4, -0.2) is 11.7 Å². The van der Waals surface area contributed by atoms with Crippen molar-refractivity contribution in [2.75, 3.05) is 11.9 Å². The predicted molar refractivity (Wildman–Crippen MR) is 80.8 cm³/mol. The number of nitrogens with one attached hydrogen (secondary N) is 1. The van der Waals surface area contributed by atoms with E-state index < -0.39 is 6.10 Å². The van der Waals surface area contributed by atoms with Crippen molar-refractivity contribution >= 4 is 17.3 Å². The largest absolute Gasteiger partial charge is 0.387 e. The van der Waals surface area contributed by atoms with E-state index >= 15 is 0 Å². The van der Waals surface area contributed by atoms with Gasteiger partial charge in [-0.05, 0) is 43.2 Å². The number of aliphatic hydroxyl groups excluding tert-OH is 1. The third-order valence-electron chi connectivity index (χ3n) is 3.12. The Bertz CT molecular complexity index is 551. The fourth-order valence-corrected chi connectivity index (χ4v) is 2.15. The van der Waals surface area contributed by atoms with Crippen LogP contribution in [0.4, 0.5) is 5.69 Å². The van der Waals surface area contributed by atoms with Crippen molar-refractivity contribution < 1.29 is 5.11 Å². The summed E-state index contributed by atoms with van der Waals surface area (Å²) in [6.45, 7) is 4.61. The Balaban J connectivity index is 2.00. The average molecular weight is 276 g/mol. The number of aryl methyl sites for hydroxylation is 2. The molecule has 0 aliphatic carbocycles. The molecule has 2 nitrogen and oxygen atoms in total. The summed E-state index contributed by atoms with van der Waals surface area (Å²) in [7, 11) is 0. The van der Waals surface area contributed by atoms with Crippen molar-refractivity contribution in [3.05, 3.63) is 64.2 Å². The van der Waals surface area contributed by atoms with Crippen LogP contribution < -0.4 is 5.32 Å². The van der Waals surface area contributed by atoms with Crippen LogP contribution in [0, 0.1) is 13.8 Å². The molecule has 0 amide bonds. The molecule has 0 saturated carbocycles. The van der Waals surface area contributed by atoms with Gasteiger partial charge in [0.25, 0.3) is 0 Å². The van der Waals surface area contributed by atoms with Crippen LogP contribution in [0.5, 0.6) is 0 Å². The molecule has 2 rings (SSSR count). The monoisotopic (exact) mass is 275 g/mol. The van der Waals surface area contributed by atoms with E-state index in [9.17, 15) is 5.11 Å². The molecule has 0 saturated heterocycles. The van der Waals surface area contributed by atoms with Crippen LogP contribution in [0.2, 0.25) is 5.02 Å². The molecule has 0 fully saturated rings. The van der Waals surface area contributed by atoms with E-state index in [1.807, 2.05) is 18.2 Å². The molecule has 2 N–H and O–H groups in total. The molecule has 2 aromatic carbocycles. The predicted octanol–water partition coefficient (Wildman–Crippen LogP) is 4.10. The van der Waals surface area contributed by atoms with E-state index in [1.165, 1.54) is 11.1 Å². The zero-order valence-corrected chi connectivity index (χ0v) is 11.9.